The first-order valence-corrected chi connectivity index (χ1v) is 8.95. The largest absolute Gasteiger partial charge is 0.373 e. The summed E-state index contributed by atoms with van der Waals surface area (Å²) >= 11 is 0. The maximum Gasteiger partial charge on any atom is 0.244 e. The Morgan fingerprint density at radius 2 is 1.89 bits per heavy atom. The maximum atomic E-state index is 12.1. The molecule has 1 rings (SSSR count). The van der Waals surface area contributed by atoms with E-state index in [1.165, 1.54) is 25.4 Å². The molecule has 108 valence electrons. The van der Waals surface area contributed by atoms with E-state index in [-0.39, 0.29) is 17.2 Å². The third-order valence-corrected chi connectivity index (χ3v) is 5.24. The zero-order chi connectivity index (χ0) is 14.7. The molecule has 9 heteroatoms. The molecule has 0 unspecified atom stereocenters. The molecule has 0 spiro atoms. The standard InChI is InChI=1S/C10H17N3O4S2/c1-11-10-5-4-9(8-12-10)19(16,17)13(2)6-7-18(3,14)15/h4-5,8H,6-7H2,1-3H3,(H,11,12). The van der Waals surface area contributed by atoms with Gasteiger partial charge in [-0.3, -0.25) is 0 Å². The Morgan fingerprint density at radius 1 is 1.26 bits per heavy atom. The SMILES string of the molecule is CNc1ccc(S(=O)(=O)N(C)CCS(C)(=O)=O)cn1. The van der Waals surface area contributed by atoms with Crippen LogP contribution in [-0.4, -0.2) is 58.8 Å². The van der Waals surface area contributed by atoms with E-state index in [1.54, 1.807) is 7.05 Å². The molecule has 0 atom stereocenters. The molecule has 0 aliphatic heterocycles. The summed E-state index contributed by atoms with van der Waals surface area (Å²) in [7, 11) is -3.90. The fourth-order valence-electron chi connectivity index (χ4n) is 1.28. The van der Waals surface area contributed by atoms with E-state index in [0.717, 1.165) is 10.6 Å². The van der Waals surface area contributed by atoms with Gasteiger partial charge in [-0.25, -0.2) is 21.8 Å². The highest BCUT2D eigenvalue weighted by Crippen LogP contribution is 2.14. The first kappa shape index (κ1) is 15.9. The molecule has 0 saturated heterocycles. The number of sulfonamides is 1. The molecule has 1 N–H and O–H groups in total. The van der Waals surface area contributed by atoms with E-state index in [0.29, 0.717) is 5.82 Å². The summed E-state index contributed by atoms with van der Waals surface area (Å²) in [6.45, 7) is -0.0883. The number of hydrogen-bond acceptors (Lipinski definition) is 6. The van der Waals surface area contributed by atoms with Gasteiger partial charge in [0.2, 0.25) is 10.0 Å². The van der Waals surface area contributed by atoms with Crippen molar-refractivity contribution in [1.82, 2.24) is 9.29 Å². The van der Waals surface area contributed by atoms with Crippen LogP contribution >= 0.6 is 0 Å². The molecule has 0 aliphatic carbocycles. The molecular formula is C10H17N3O4S2. The highest BCUT2D eigenvalue weighted by atomic mass is 32.2. The highest BCUT2D eigenvalue weighted by Gasteiger charge is 2.22. The topological polar surface area (TPSA) is 96.4 Å². The second-order valence-corrected chi connectivity index (χ2v) is 8.39. The number of sulfone groups is 1. The number of rotatable bonds is 6. The van der Waals surface area contributed by atoms with Crippen LogP contribution in [0.3, 0.4) is 0 Å². The molecule has 19 heavy (non-hydrogen) atoms. The van der Waals surface area contributed by atoms with E-state index in [9.17, 15) is 16.8 Å². The Bertz CT molecular complexity index is 623. The van der Waals surface area contributed by atoms with Crippen molar-refractivity contribution in [2.24, 2.45) is 0 Å². The quantitative estimate of drug-likeness (QED) is 0.781. The van der Waals surface area contributed by atoms with Crippen LogP contribution < -0.4 is 5.32 Å². The molecule has 1 aromatic heterocycles. The summed E-state index contributed by atoms with van der Waals surface area (Å²) in [4.78, 5) is 3.95. The number of aromatic nitrogens is 1. The molecule has 0 bridgehead atoms. The molecular weight excluding hydrogens is 290 g/mol. The normalized spacial score (nSPS) is 12.6. The van der Waals surface area contributed by atoms with Crippen molar-refractivity contribution < 1.29 is 16.8 Å². The fraction of sp³-hybridized carbons (Fsp3) is 0.500. The number of anilines is 1. The first-order chi connectivity index (χ1) is 8.66. The van der Waals surface area contributed by atoms with Crippen molar-refractivity contribution in [3.63, 3.8) is 0 Å². The van der Waals surface area contributed by atoms with Crippen molar-refractivity contribution in [1.29, 1.82) is 0 Å². The van der Waals surface area contributed by atoms with E-state index in [4.69, 9.17) is 0 Å². The monoisotopic (exact) mass is 307 g/mol. The summed E-state index contributed by atoms with van der Waals surface area (Å²) in [5.74, 6) is 0.336. The maximum absolute atomic E-state index is 12.1. The van der Waals surface area contributed by atoms with Crippen LogP contribution in [0.4, 0.5) is 5.82 Å². The molecule has 7 nitrogen and oxygen atoms in total. The molecule has 0 saturated carbocycles. The molecule has 0 amide bonds. The predicted molar refractivity (Wildman–Crippen MR) is 73.3 cm³/mol. The van der Waals surface area contributed by atoms with Crippen molar-refractivity contribution in [3.8, 4) is 0 Å². The summed E-state index contributed by atoms with van der Waals surface area (Å²) < 4.78 is 47.3. The molecule has 0 aromatic carbocycles. The van der Waals surface area contributed by atoms with Crippen molar-refractivity contribution in [2.75, 3.05) is 38.0 Å². The smallest absolute Gasteiger partial charge is 0.244 e. The van der Waals surface area contributed by atoms with Crippen LogP contribution in [0.1, 0.15) is 0 Å². The van der Waals surface area contributed by atoms with Gasteiger partial charge in [0.05, 0.1) is 5.75 Å². The molecule has 0 fully saturated rings. The third kappa shape index (κ3) is 4.44. The van der Waals surface area contributed by atoms with E-state index in [1.807, 2.05) is 0 Å². The van der Waals surface area contributed by atoms with Crippen LogP contribution in [0.5, 0.6) is 0 Å². The number of nitrogens with zero attached hydrogens (tertiary/aromatic N) is 2. The minimum Gasteiger partial charge on any atom is -0.373 e. The Balaban J connectivity index is 2.90. The van der Waals surface area contributed by atoms with Crippen LogP contribution in [0, 0.1) is 0 Å². The van der Waals surface area contributed by atoms with Gasteiger partial charge < -0.3 is 5.32 Å². The van der Waals surface area contributed by atoms with Gasteiger partial charge in [0.25, 0.3) is 0 Å². The summed E-state index contributed by atoms with van der Waals surface area (Å²) in [5, 5.41) is 2.78. The average Bonchev–Trinajstić information content (AvgIpc) is 2.35. The molecule has 0 aliphatic rings. The Kier molecular flexibility index (Phi) is 4.88. The lowest BCUT2D eigenvalue weighted by molar-refractivity contribution is 0.484. The summed E-state index contributed by atoms with van der Waals surface area (Å²) in [6, 6.07) is 2.96. The van der Waals surface area contributed by atoms with Crippen LogP contribution in [-0.2, 0) is 19.9 Å². The minimum absolute atomic E-state index is 0.0301. The van der Waals surface area contributed by atoms with Gasteiger partial charge in [0.1, 0.15) is 20.6 Å². The Hall–Kier alpha value is -1.19. The highest BCUT2D eigenvalue weighted by molar-refractivity contribution is 7.91. The predicted octanol–water partition coefficient (Wildman–Crippen LogP) is -0.212. The lowest BCUT2D eigenvalue weighted by Gasteiger charge is -2.16. The lowest BCUT2D eigenvalue weighted by atomic mass is 10.5. The molecule has 1 heterocycles. The van der Waals surface area contributed by atoms with Crippen LogP contribution in [0.15, 0.2) is 23.2 Å². The number of pyridine rings is 1. The molecule has 1 aromatic rings. The Morgan fingerprint density at radius 3 is 2.32 bits per heavy atom. The zero-order valence-corrected chi connectivity index (χ0v) is 12.6. The minimum atomic E-state index is -3.71. The van der Waals surface area contributed by atoms with Gasteiger partial charge in [0.15, 0.2) is 0 Å². The summed E-state index contributed by atoms with van der Waals surface area (Å²) in [5.41, 5.74) is 0. The van der Waals surface area contributed by atoms with Gasteiger partial charge in [0, 0.05) is 33.1 Å². The third-order valence-electron chi connectivity index (χ3n) is 2.48. The van der Waals surface area contributed by atoms with Gasteiger partial charge in [-0.05, 0) is 12.1 Å². The van der Waals surface area contributed by atoms with Crippen LogP contribution in [0.2, 0.25) is 0 Å². The van der Waals surface area contributed by atoms with Gasteiger partial charge >= 0.3 is 0 Å². The van der Waals surface area contributed by atoms with Crippen molar-refractivity contribution in [3.05, 3.63) is 18.3 Å². The lowest BCUT2D eigenvalue weighted by Crippen LogP contribution is -2.31. The first-order valence-electron chi connectivity index (χ1n) is 5.44. The van der Waals surface area contributed by atoms with Crippen molar-refractivity contribution in [2.45, 2.75) is 4.90 Å². The van der Waals surface area contributed by atoms with Gasteiger partial charge in [-0.1, -0.05) is 0 Å². The van der Waals surface area contributed by atoms with E-state index in [2.05, 4.69) is 10.3 Å². The summed E-state index contributed by atoms with van der Waals surface area (Å²) in [6.07, 6.45) is 2.30. The Labute approximate surface area is 113 Å². The average molecular weight is 307 g/mol. The number of nitrogens with one attached hydrogen (secondary N) is 1. The van der Waals surface area contributed by atoms with E-state index < -0.39 is 19.9 Å². The van der Waals surface area contributed by atoms with E-state index >= 15 is 0 Å². The second kappa shape index (κ2) is 5.85. The number of hydrogen-bond donors (Lipinski definition) is 1. The van der Waals surface area contributed by atoms with Gasteiger partial charge in [-0.15, -0.1) is 0 Å². The zero-order valence-electron chi connectivity index (χ0n) is 11.0. The van der Waals surface area contributed by atoms with Crippen molar-refractivity contribution >= 4 is 25.7 Å². The second-order valence-electron chi connectivity index (χ2n) is 4.09. The molecule has 0 radical (unpaired) electrons. The van der Waals surface area contributed by atoms with Crippen LogP contribution in [0.25, 0.3) is 0 Å². The van der Waals surface area contributed by atoms with Gasteiger partial charge in [-0.2, -0.15) is 4.31 Å². The fourth-order valence-corrected chi connectivity index (χ4v) is 3.11.